The van der Waals surface area contributed by atoms with Crippen LogP contribution in [-0.2, 0) is 0 Å². The molecule has 2 saturated carbocycles. The molecule has 2 rings (SSSR count). The Bertz CT molecular complexity index is 112. The minimum Gasteiger partial charge on any atom is -0.314 e. The van der Waals surface area contributed by atoms with Crippen molar-refractivity contribution in [2.75, 3.05) is 6.54 Å². The summed E-state index contributed by atoms with van der Waals surface area (Å²) in [5, 5.41) is 3.65. The summed E-state index contributed by atoms with van der Waals surface area (Å²) in [6, 6.07) is 0.883. The Morgan fingerprint density at radius 1 is 1.00 bits per heavy atom. The Morgan fingerprint density at radius 2 is 1.73 bits per heavy atom. The van der Waals surface area contributed by atoms with Crippen LogP contribution in [0, 0.1) is 5.92 Å². The molecule has 0 aromatic carbocycles. The lowest BCUT2D eigenvalue weighted by Crippen LogP contribution is -2.27. The van der Waals surface area contributed by atoms with Gasteiger partial charge in [-0.15, -0.1) is 0 Å². The fourth-order valence-corrected chi connectivity index (χ4v) is 2.03. The molecule has 0 radical (unpaired) electrons. The minimum atomic E-state index is 0.883. The predicted molar refractivity (Wildman–Crippen MR) is 47.6 cm³/mol. The zero-order chi connectivity index (χ0) is 7.52. The van der Waals surface area contributed by atoms with E-state index in [-0.39, 0.29) is 0 Å². The lowest BCUT2D eigenvalue weighted by molar-refractivity contribution is 0.503. The normalized spacial score (nSPS) is 26.2. The molecule has 2 aliphatic carbocycles. The second kappa shape index (κ2) is 3.57. The Balaban J connectivity index is 1.51. The van der Waals surface area contributed by atoms with E-state index in [4.69, 9.17) is 0 Å². The van der Waals surface area contributed by atoms with Gasteiger partial charge in [0.1, 0.15) is 0 Å². The largest absolute Gasteiger partial charge is 0.314 e. The molecule has 1 N–H and O–H groups in total. The summed E-state index contributed by atoms with van der Waals surface area (Å²) in [7, 11) is 0. The topological polar surface area (TPSA) is 12.0 Å². The zero-order valence-electron chi connectivity index (χ0n) is 7.31. The molecule has 0 aromatic heterocycles. The first-order valence-electron chi connectivity index (χ1n) is 5.18. The molecule has 0 bridgehead atoms. The lowest BCUT2D eigenvalue weighted by Gasteiger charge is -2.10. The van der Waals surface area contributed by atoms with Crippen LogP contribution in [0.1, 0.15) is 44.9 Å². The van der Waals surface area contributed by atoms with Crippen LogP contribution in [0.5, 0.6) is 0 Å². The molecule has 0 aromatic rings. The summed E-state index contributed by atoms with van der Waals surface area (Å²) in [5.74, 6) is 1.10. The van der Waals surface area contributed by atoms with Gasteiger partial charge in [0, 0.05) is 6.04 Å². The van der Waals surface area contributed by atoms with Crippen molar-refractivity contribution in [2.45, 2.75) is 51.0 Å². The quantitative estimate of drug-likeness (QED) is 0.653. The standard InChI is InChI=1S/C10H19N/c1-2-4-10(3-1)11-8-7-9-5-6-9/h9-11H,1-8H2. The number of hydrogen-bond donors (Lipinski definition) is 1. The van der Waals surface area contributed by atoms with Crippen LogP contribution < -0.4 is 5.32 Å². The van der Waals surface area contributed by atoms with Gasteiger partial charge >= 0.3 is 0 Å². The van der Waals surface area contributed by atoms with E-state index in [9.17, 15) is 0 Å². The van der Waals surface area contributed by atoms with Gasteiger partial charge in [0.2, 0.25) is 0 Å². The van der Waals surface area contributed by atoms with Crippen molar-refractivity contribution in [1.82, 2.24) is 5.32 Å². The van der Waals surface area contributed by atoms with Crippen LogP contribution >= 0.6 is 0 Å². The average molecular weight is 153 g/mol. The van der Waals surface area contributed by atoms with Crippen LogP contribution in [0.3, 0.4) is 0 Å². The summed E-state index contributed by atoms with van der Waals surface area (Å²) in [4.78, 5) is 0. The molecule has 1 heteroatoms. The summed E-state index contributed by atoms with van der Waals surface area (Å²) in [5.41, 5.74) is 0. The second-order valence-electron chi connectivity index (χ2n) is 4.17. The number of nitrogens with one attached hydrogen (secondary N) is 1. The Hall–Kier alpha value is -0.0400. The summed E-state index contributed by atoms with van der Waals surface area (Å²) in [6.45, 7) is 1.29. The van der Waals surface area contributed by atoms with Gasteiger partial charge in [-0.2, -0.15) is 0 Å². The van der Waals surface area contributed by atoms with Crippen molar-refractivity contribution in [2.24, 2.45) is 5.92 Å². The van der Waals surface area contributed by atoms with Crippen molar-refractivity contribution >= 4 is 0 Å². The highest BCUT2D eigenvalue weighted by Gasteiger charge is 2.21. The maximum Gasteiger partial charge on any atom is 0.00670 e. The highest BCUT2D eigenvalue weighted by Crippen LogP contribution is 2.31. The van der Waals surface area contributed by atoms with Gasteiger partial charge in [-0.25, -0.2) is 0 Å². The monoisotopic (exact) mass is 153 g/mol. The first-order chi connectivity index (χ1) is 5.45. The van der Waals surface area contributed by atoms with Crippen molar-refractivity contribution in [3.05, 3.63) is 0 Å². The molecular formula is C10H19N. The van der Waals surface area contributed by atoms with Crippen molar-refractivity contribution in [3.63, 3.8) is 0 Å². The van der Waals surface area contributed by atoms with Gasteiger partial charge < -0.3 is 5.32 Å². The van der Waals surface area contributed by atoms with E-state index in [1.54, 1.807) is 0 Å². The maximum atomic E-state index is 3.65. The SMILES string of the molecule is C1CCC(NCCC2CC2)C1. The van der Waals surface area contributed by atoms with E-state index in [0.29, 0.717) is 0 Å². The molecule has 0 unspecified atom stereocenters. The first kappa shape index (κ1) is 7.60. The zero-order valence-corrected chi connectivity index (χ0v) is 7.31. The van der Waals surface area contributed by atoms with Crippen molar-refractivity contribution in [3.8, 4) is 0 Å². The Labute approximate surface area is 69.6 Å². The predicted octanol–water partition coefficient (Wildman–Crippen LogP) is 2.32. The molecule has 0 spiro atoms. The smallest absolute Gasteiger partial charge is 0.00670 e. The van der Waals surface area contributed by atoms with E-state index >= 15 is 0 Å². The van der Waals surface area contributed by atoms with E-state index in [1.165, 1.54) is 51.5 Å². The molecule has 64 valence electrons. The van der Waals surface area contributed by atoms with Crippen LogP contribution in [0.4, 0.5) is 0 Å². The summed E-state index contributed by atoms with van der Waals surface area (Å²) >= 11 is 0. The van der Waals surface area contributed by atoms with Gasteiger partial charge in [0.25, 0.3) is 0 Å². The van der Waals surface area contributed by atoms with Gasteiger partial charge in [-0.3, -0.25) is 0 Å². The molecule has 1 nitrogen and oxygen atoms in total. The van der Waals surface area contributed by atoms with Crippen LogP contribution in [0.25, 0.3) is 0 Å². The van der Waals surface area contributed by atoms with Gasteiger partial charge in [-0.05, 0) is 31.7 Å². The van der Waals surface area contributed by atoms with Crippen LogP contribution in [-0.4, -0.2) is 12.6 Å². The molecule has 0 amide bonds. The van der Waals surface area contributed by atoms with Crippen molar-refractivity contribution in [1.29, 1.82) is 0 Å². The maximum absolute atomic E-state index is 3.65. The van der Waals surface area contributed by atoms with Crippen molar-refractivity contribution < 1.29 is 0 Å². The highest BCUT2D eigenvalue weighted by molar-refractivity contribution is 4.77. The molecule has 0 aliphatic heterocycles. The van der Waals surface area contributed by atoms with Gasteiger partial charge in [0.15, 0.2) is 0 Å². The highest BCUT2D eigenvalue weighted by atomic mass is 14.9. The average Bonchev–Trinajstić information content (AvgIpc) is 2.66. The van der Waals surface area contributed by atoms with E-state index in [0.717, 1.165) is 12.0 Å². The third kappa shape index (κ3) is 2.48. The lowest BCUT2D eigenvalue weighted by atomic mass is 10.2. The first-order valence-corrected chi connectivity index (χ1v) is 5.18. The van der Waals surface area contributed by atoms with Gasteiger partial charge in [0.05, 0.1) is 0 Å². The molecule has 0 heterocycles. The molecule has 2 fully saturated rings. The van der Waals surface area contributed by atoms with E-state index < -0.39 is 0 Å². The van der Waals surface area contributed by atoms with E-state index in [2.05, 4.69) is 5.32 Å². The molecule has 0 atom stereocenters. The summed E-state index contributed by atoms with van der Waals surface area (Å²) in [6.07, 6.45) is 10.2. The minimum absolute atomic E-state index is 0.883. The second-order valence-corrected chi connectivity index (χ2v) is 4.17. The fourth-order valence-electron chi connectivity index (χ4n) is 2.03. The Kier molecular flexibility index (Phi) is 2.47. The molecule has 2 aliphatic rings. The van der Waals surface area contributed by atoms with Crippen LogP contribution in [0.15, 0.2) is 0 Å². The summed E-state index contributed by atoms with van der Waals surface area (Å²) < 4.78 is 0. The van der Waals surface area contributed by atoms with Crippen LogP contribution in [0.2, 0.25) is 0 Å². The Morgan fingerprint density at radius 3 is 2.36 bits per heavy atom. The fraction of sp³-hybridized carbons (Fsp3) is 1.00. The third-order valence-corrected chi connectivity index (χ3v) is 3.04. The molecule has 0 saturated heterocycles. The third-order valence-electron chi connectivity index (χ3n) is 3.04. The number of hydrogen-bond acceptors (Lipinski definition) is 1. The number of rotatable bonds is 4. The van der Waals surface area contributed by atoms with E-state index in [1.807, 2.05) is 0 Å². The van der Waals surface area contributed by atoms with Gasteiger partial charge in [-0.1, -0.05) is 25.7 Å². The molecule has 11 heavy (non-hydrogen) atoms. The molecular weight excluding hydrogens is 134 g/mol.